The molecule has 0 radical (unpaired) electrons. The number of hydrogen-bond acceptors (Lipinski definition) is 8. The summed E-state index contributed by atoms with van der Waals surface area (Å²) in [6.07, 6.45) is -4.92. The Morgan fingerprint density at radius 2 is 1.69 bits per heavy atom. The highest BCUT2D eigenvalue weighted by Gasteiger charge is 2.38. The lowest BCUT2D eigenvalue weighted by molar-refractivity contribution is -0.157. The zero-order valence-electron chi connectivity index (χ0n) is 21.6. The highest BCUT2D eigenvalue weighted by Crippen LogP contribution is 2.34. The molecule has 0 saturated carbocycles. The van der Waals surface area contributed by atoms with Gasteiger partial charge in [-0.2, -0.15) is 13.2 Å². The van der Waals surface area contributed by atoms with Gasteiger partial charge in [0, 0.05) is 28.3 Å². The molecule has 2 aromatic heterocycles. The van der Waals surface area contributed by atoms with Crippen molar-refractivity contribution in [2.75, 3.05) is 13.2 Å². The average Bonchev–Trinajstić information content (AvgIpc) is 3.56. The number of esters is 1. The maximum absolute atomic E-state index is 12.7. The molecule has 39 heavy (non-hydrogen) atoms. The van der Waals surface area contributed by atoms with Gasteiger partial charge < -0.3 is 18.6 Å². The number of carbonyl (C=O) groups is 1. The average molecular weight is 561 g/mol. The van der Waals surface area contributed by atoms with Crippen LogP contribution in [0.25, 0.3) is 21.9 Å². The highest BCUT2D eigenvalue weighted by atomic mass is 32.1. The molecule has 0 fully saturated rings. The molecular weight excluding hydrogens is 533 g/mol. The molecule has 7 nitrogen and oxygen atoms in total. The van der Waals surface area contributed by atoms with Crippen molar-refractivity contribution < 1.29 is 36.6 Å². The van der Waals surface area contributed by atoms with E-state index in [0.29, 0.717) is 37.6 Å². The predicted molar refractivity (Wildman–Crippen MR) is 139 cm³/mol. The van der Waals surface area contributed by atoms with Crippen LogP contribution in [0.1, 0.15) is 35.7 Å². The molecule has 0 amide bonds. The topological polar surface area (TPSA) is 83.7 Å². The number of nitrogens with zero attached hydrogens (tertiary/aromatic N) is 2. The minimum absolute atomic E-state index is 0.189. The number of aryl methyl sites for hydroxylation is 1. The van der Waals surface area contributed by atoms with E-state index in [2.05, 4.69) is 10.2 Å². The Morgan fingerprint density at radius 1 is 1.00 bits per heavy atom. The van der Waals surface area contributed by atoms with Crippen molar-refractivity contribution in [3.05, 3.63) is 76.5 Å². The van der Waals surface area contributed by atoms with Gasteiger partial charge in [-0.3, -0.25) is 0 Å². The normalized spacial score (nSPS) is 12.4. The number of aromatic nitrogens is 2. The second-order valence-electron chi connectivity index (χ2n) is 8.54. The van der Waals surface area contributed by atoms with Gasteiger partial charge in [0.25, 0.3) is 0 Å². The van der Waals surface area contributed by atoms with E-state index in [9.17, 15) is 18.0 Å². The Hall–Kier alpha value is -3.70. The lowest BCUT2D eigenvalue weighted by Crippen LogP contribution is -2.28. The monoisotopic (exact) mass is 560 g/mol. The van der Waals surface area contributed by atoms with Crippen molar-refractivity contribution >= 4 is 17.3 Å². The van der Waals surface area contributed by atoms with Gasteiger partial charge in [0.15, 0.2) is 6.10 Å². The fourth-order valence-electron chi connectivity index (χ4n) is 3.77. The fourth-order valence-corrected chi connectivity index (χ4v) is 4.86. The summed E-state index contributed by atoms with van der Waals surface area (Å²) < 4.78 is 59.5. The van der Waals surface area contributed by atoms with Crippen molar-refractivity contribution in [1.29, 1.82) is 0 Å². The van der Waals surface area contributed by atoms with Crippen molar-refractivity contribution in [2.24, 2.45) is 0 Å². The van der Waals surface area contributed by atoms with Gasteiger partial charge in [-0.1, -0.05) is 24.3 Å². The first-order valence-corrected chi connectivity index (χ1v) is 13.1. The first kappa shape index (κ1) is 28.3. The molecule has 0 aliphatic carbocycles. The van der Waals surface area contributed by atoms with Crippen LogP contribution in [-0.4, -0.2) is 35.5 Å². The molecule has 0 spiro atoms. The molecule has 1 atom stereocenters. The number of ether oxygens (including phenoxy) is 3. The number of halogens is 3. The van der Waals surface area contributed by atoms with Crippen molar-refractivity contribution in [2.45, 2.75) is 46.1 Å². The standard InChI is InChI=1S/C28H27F3N2O5S/c1-4-35-22(26(34)36-5-2)15-18-6-12-21(13-7-18)37-16-24-17(3)14-23(39-24)19-8-10-20(11-9-19)25-32-33-27(38-25)28(29,30)31/h6-14,22H,4-5,15-16H2,1-3H3/t22-/m0/s1. The van der Waals surface area contributed by atoms with E-state index < -0.39 is 18.2 Å². The molecule has 0 unspecified atom stereocenters. The summed E-state index contributed by atoms with van der Waals surface area (Å²) in [6, 6.07) is 16.4. The first-order valence-electron chi connectivity index (χ1n) is 12.3. The van der Waals surface area contributed by atoms with Gasteiger partial charge in [0.2, 0.25) is 5.89 Å². The Morgan fingerprint density at radius 3 is 2.31 bits per heavy atom. The molecule has 4 aromatic rings. The molecule has 0 bridgehead atoms. The number of rotatable bonds is 11. The Kier molecular flexibility index (Phi) is 9.03. The lowest BCUT2D eigenvalue weighted by Gasteiger charge is -2.15. The summed E-state index contributed by atoms with van der Waals surface area (Å²) in [4.78, 5) is 14.1. The summed E-state index contributed by atoms with van der Waals surface area (Å²) in [5.41, 5.74) is 3.30. The van der Waals surface area contributed by atoms with Crippen LogP contribution in [-0.2, 0) is 33.5 Å². The van der Waals surface area contributed by atoms with Crippen LogP contribution in [0.5, 0.6) is 5.75 Å². The van der Waals surface area contributed by atoms with E-state index in [1.54, 1.807) is 42.5 Å². The number of benzene rings is 2. The van der Waals surface area contributed by atoms with Crippen LogP contribution in [0.4, 0.5) is 13.2 Å². The molecule has 2 heterocycles. The van der Waals surface area contributed by atoms with Crippen LogP contribution in [0, 0.1) is 6.92 Å². The van der Waals surface area contributed by atoms with Gasteiger partial charge in [0.1, 0.15) is 12.4 Å². The number of carbonyl (C=O) groups excluding carboxylic acids is 1. The molecule has 11 heteroatoms. The molecule has 4 rings (SSSR count). The quantitative estimate of drug-likeness (QED) is 0.185. The van der Waals surface area contributed by atoms with E-state index in [1.807, 2.05) is 44.2 Å². The summed E-state index contributed by atoms with van der Waals surface area (Å²) in [5.74, 6) is -1.24. The van der Waals surface area contributed by atoms with E-state index in [-0.39, 0.29) is 11.9 Å². The van der Waals surface area contributed by atoms with Gasteiger partial charge >= 0.3 is 18.0 Å². The van der Waals surface area contributed by atoms with Crippen LogP contribution in [0.2, 0.25) is 0 Å². The number of alkyl halides is 3. The van der Waals surface area contributed by atoms with Gasteiger partial charge in [-0.05, 0) is 67.8 Å². The highest BCUT2D eigenvalue weighted by molar-refractivity contribution is 7.15. The van der Waals surface area contributed by atoms with E-state index in [0.717, 1.165) is 26.4 Å². The first-order chi connectivity index (χ1) is 18.7. The number of thiophene rings is 1. The second kappa shape index (κ2) is 12.4. The van der Waals surface area contributed by atoms with E-state index in [1.165, 1.54) is 0 Å². The molecule has 0 saturated heterocycles. The van der Waals surface area contributed by atoms with Gasteiger partial charge in [0.05, 0.1) is 6.61 Å². The van der Waals surface area contributed by atoms with Crippen LogP contribution in [0.15, 0.2) is 59.0 Å². The molecular formula is C28H27F3N2O5S. The summed E-state index contributed by atoms with van der Waals surface area (Å²) in [7, 11) is 0. The zero-order valence-corrected chi connectivity index (χ0v) is 22.4. The van der Waals surface area contributed by atoms with Gasteiger partial charge in [-0.15, -0.1) is 21.5 Å². The molecule has 0 aliphatic rings. The largest absolute Gasteiger partial charge is 0.488 e. The van der Waals surface area contributed by atoms with Gasteiger partial charge in [-0.25, -0.2) is 4.79 Å². The SMILES string of the molecule is CCOC(=O)[C@H](Cc1ccc(OCc2sc(-c3ccc(-c4nnc(C(F)(F)F)o4)cc3)cc2C)cc1)OCC. The van der Waals surface area contributed by atoms with Crippen LogP contribution >= 0.6 is 11.3 Å². The maximum Gasteiger partial charge on any atom is 0.470 e. The fraction of sp³-hybridized carbons (Fsp3) is 0.321. The predicted octanol–water partition coefficient (Wildman–Crippen LogP) is 6.88. The third-order valence-corrected chi connectivity index (χ3v) is 7.00. The third-order valence-electron chi connectivity index (χ3n) is 5.74. The Balaban J connectivity index is 1.37. The van der Waals surface area contributed by atoms with E-state index >= 15 is 0 Å². The van der Waals surface area contributed by atoms with E-state index in [4.69, 9.17) is 18.6 Å². The maximum atomic E-state index is 12.7. The second-order valence-corrected chi connectivity index (χ2v) is 9.67. The summed E-state index contributed by atoms with van der Waals surface area (Å²) in [6.45, 7) is 6.69. The van der Waals surface area contributed by atoms with Crippen LogP contribution < -0.4 is 4.74 Å². The minimum atomic E-state index is -4.68. The minimum Gasteiger partial charge on any atom is -0.488 e. The lowest BCUT2D eigenvalue weighted by atomic mass is 10.1. The zero-order chi connectivity index (χ0) is 28.0. The molecule has 206 valence electrons. The Bertz CT molecular complexity index is 1380. The molecule has 0 aliphatic heterocycles. The smallest absolute Gasteiger partial charge is 0.470 e. The van der Waals surface area contributed by atoms with Crippen LogP contribution in [0.3, 0.4) is 0 Å². The molecule has 2 aromatic carbocycles. The van der Waals surface area contributed by atoms with Crippen molar-refractivity contribution in [1.82, 2.24) is 10.2 Å². The summed E-state index contributed by atoms with van der Waals surface area (Å²) >= 11 is 1.57. The number of hydrogen-bond donors (Lipinski definition) is 0. The van der Waals surface area contributed by atoms with Crippen molar-refractivity contribution in [3.63, 3.8) is 0 Å². The third kappa shape index (κ3) is 7.24. The van der Waals surface area contributed by atoms with Crippen molar-refractivity contribution in [3.8, 4) is 27.6 Å². The molecule has 0 N–H and O–H groups in total. The Labute approximate surface area is 227 Å². The summed E-state index contributed by atoms with van der Waals surface area (Å²) in [5, 5.41) is 6.56.